The van der Waals surface area contributed by atoms with E-state index >= 15 is 0 Å². The van der Waals surface area contributed by atoms with Gasteiger partial charge in [-0.3, -0.25) is 0 Å². The molecular formula is C19H14BrCl2NO5S. The summed E-state index contributed by atoms with van der Waals surface area (Å²) in [5, 5.41) is 0.523. The quantitative estimate of drug-likeness (QED) is 0.380. The van der Waals surface area contributed by atoms with E-state index in [4.69, 9.17) is 37.4 Å². The smallest absolute Gasteiger partial charge is 0.220 e. The Morgan fingerprint density at radius 3 is 2.38 bits per heavy atom. The Kier molecular flexibility index (Phi) is 7.37. The van der Waals surface area contributed by atoms with Crippen LogP contribution in [0.5, 0.6) is 23.1 Å². The van der Waals surface area contributed by atoms with Crippen LogP contribution in [-0.4, -0.2) is 20.9 Å². The Morgan fingerprint density at radius 1 is 1.14 bits per heavy atom. The summed E-state index contributed by atoms with van der Waals surface area (Å²) in [4.78, 5) is 4.13. The number of rotatable bonds is 7. The molecule has 3 rings (SSSR count). The average molecular weight is 519 g/mol. The summed E-state index contributed by atoms with van der Waals surface area (Å²) >= 11 is 13.3. The minimum atomic E-state index is -2.32. The highest BCUT2D eigenvalue weighted by Crippen LogP contribution is 2.39. The fourth-order valence-corrected chi connectivity index (χ4v) is 4.09. The number of ether oxygens (including phenoxy) is 3. The zero-order chi connectivity index (χ0) is 21.0. The standard InChI is InChI=1S/C19H14BrCl2NO5S/c1-26-13-4-2-11(3-5-13)10-27-16-9-23-18(8-17(16)29(24)25)28-19-14(21)6-12(20)7-15(19)22/h2-9H,10H2,1H3,(H,24,25). The van der Waals surface area contributed by atoms with Crippen LogP contribution in [0.15, 0.2) is 58.0 Å². The molecule has 1 aromatic heterocycles. The second kappa shape index (κ2) is 9.77. The Balaban J connectivity index is 1.80. The van der Waals surface area contributed by atoms with Crippen LogP contribution in [-0.2, 0) is 17.7 Å². The van der Waals surface area contributed by atoms with Gasteiger partial charge >= 0.3 is 0 Å². The first-order valence-corrected chi connectivity index (χ1v) is 10.7. The topological polar surface area (TPSA) is 77.9 Å². The van der Waals surface area contributed by atoms with Gasteiger partial charge < -0.3 is 18.8 Å². The highest BCUT2D eigenvalue weighted by atomic mass is 79.9. The van der Waals surface area contributed by atoms with Gasteiger partial charge in [0.25, 0.3) is 0 Å². The summed E-state index contributed by atoms with van der Waals surface area (Å²) in [5.41, 5.74) is 0.856. The fourth-order valence-electron chi connectivity index (χ4n) is 2.32. The average Bonchev–Trinajstić information content (AvgIpc) is 2.69. The lowest BCUT2D eigenvalue weighted by molar-refractivity contribution is 0.294. The molecule has 0 spiro atoms. The lowest BCUT2D eigenvalue weighted by Gasteiger charge is -2.13. The molecule has 152 valence electrons. The largest absolute Gasteiger partial charge is 0.497 e. The van der Waals surface area contributed by atoms with Crippen LogP contribution >= 0.6 is 39.1 Å². The molecule has 0 saturated carbocycles. The van der Waals surface area contributed by atoms with Crippen molar-refractivity contribution in [3.05, 3.63) is 68.7 Å². The van der Waals surface area contributed by atoms with Crippen molar-refractivity contribution in [3.63, 3.8) is 0 Å². The van der Waals surface area contributed by atoms with Crippen molar-refractivity contribution < 1.29 is 23.0 Å². The summed E-state index contributed by atoms with van der Waals surface area (Å²) in [5.74, 6) is 1.11. The maximum atomic E-state index is 11.8. The van der Waals surface area contributed by atoms with Gasteiger partial charge in [0.05, 0.1) is 23.4 Å². The molecule has 6 nitrogen and oxygen atoms in total. The Morgan fingerprint density at radius 2 is 1.79 bits per heavy atom. The van der Waals surface area contributed by atoms with Gasteiger partial charge in [-0.05, 0) is 29.8 Å². The number of pyridine rings is 1. The van der Waals surface area contributed by atoms with Crippen molar-refractivity contribution in [3.8, 4) is 23.1 Å². The molecule has 0 aliphatic carbocycles. The van der Waals surface area contributed by atoms with Gasteiger partial charge in [-0.1, -0.05) is 51.3 Å². The van der Waals surface area contributed by atoms with Crippen LogP contribution in [0.2, 0.25) is 10.0 Å². The van der Waals surface area contributed by atoms with Gasteiger partial charge in [0.15, 0.2) is 22.6 Å². The highest BCUT2D eigenvalue weighted by molar-refractivity contribution is 9.10. The van der Waals surface area contributed by atoms with Gasteiger partial charge in [0, 0.05) is 10.5 Å². The first-order valence-electron chi connectivity index (χ1n) is 8.06. The number of hydrogen-bond donors (Lipinski definition) is 1. The second-order valence-corrected chi connectivity index (χ2v) is 8.32. The van der Waals surface area contributed by atoms with E-state index in [9.17, 15) is 8.76 Å². The van der Waals surface area contributed by atoms with E-state index in [0.717, 1.165) is 11.3 Å². The number of aromatic nitrogens is 1. The normalized spacial score (nSPS) is 11.8. The molecule has 1 N–H and O–H groups in total. The third-order valence-corrected chi connectivity index (χ3v) is 5.43. The number of methoxy groups -OCH3 is 1. The van der Waals surface area contributed by atoms with E-state index < -0.39 is 11.1 Å². The molecule has 0 aliphatic heterocycles. The van der Waals surface area contributed by atoms with E-state index in [1.807, 2.05) is 12.1 Å². The van der Waals surface area contributed by atoms with E-state index in [2.05, 4.69) is 20.9 Å². The van der Waals surface area contributed by atoms with E-state index in [1.54, 1.807) is 31.4 Å². The van der Waals surface area contributed by atoms with Gasteiger partial charge in [-0.15, -0.1) is 0 Å². The molecule has 3 aromatic rings. The molecule has 10 heteroatoms. The van der Waals surface area contributed by atoms with E-state index in [1.165, 1.54) is 12.3 Å². The lowest BCUT2D eigenvalue weighted by atomic mass is 10.2. The van der Waals surface area contributed by atoms with Crippen molar-refractivity contribution in [2.45, 2.75) is 11.5 Å². The summed E-state index contributed by atoms with van der Waals surface area (Å²) in [6.45, 7) is 0.181. The Bertz CT molecular complexity index is 1030. The molecular weight excluding hydrogens is 505 g/mol. The first kappa shape index (κ1) is 21.9. The lowest BCUT2D eigenvalue weighted by Crippen LogP contribution is -2.02. The fraction of sp³-hybridized carbons (Fsp3) is 0.105. The Labute approximate surface area is 188 Å². The number of nitrogens with zero attached hydrogens (tertiary/aromatic N) is 1. The van der Waals surface area contributed by atoms with Gasteiger partial charge in [-0.25, -0.2) is 9.19 Å². The van der Waals surface area contributed by atoms with Crippen LogP contribution in [0.3, 0.4) is 0 Å². The zero-order valence-corrected chi connectivity index (χ0v) is 18.8. The summed E-state index contributed by atoms with van der Waals surface area (Å²) in [7, 11) is 1.58. The van der Waals surface area contributed by atoms with Crippen LogP contribution in [0, 0.1) is 0 Å². The van der Waals surface area contributed by atoms with Gasteiger partial charge in [0.2, 0.25) is 5.88 Å². The molecule has 0 radical (unpaired) electrons. The van der Waals surface area contributed by atoms with Crippen LogP contribution in [0.4, 0.5) is 0 Å². The van der Waals surface area contributed by atoms with E-state index in [0.29, 0.717) is 4.47 Å². The van der Waals surface area contributed by atoms with Crippen molar-refractivity contribution in [1.82, 2.24) is 4.98 Å². The molecule has 0 bridgehead atoms. The molecule has 0 aliphatic rings. The molecule has 1 heterocycles. The second-order valence-electron chi connectivity index (χ2n) is 5.66. The maximum absolute atomic E-state index is 11.8. The zero-order valence-electron chi connectivity index (χ0n) is 14.9. The molecule has 1 atom stereocenters. The van der Waals surface area contributed by atoms with Crippen LogP contribution < -0.4 is 14.2 Å². The molecule has 0 amide bonds. The van der Waals surface area contributed by atoms with Crippen molar-refractivity contribution in [2.75, 3.05) is 7.11 Å². The number of benzene rings is 2. The summed E-state index contributed by atoms with van der Waals surface area (Å²) < 4.78 is 38.5. The van der Waals surface area contributed by atoms with Crippen LogP contribution in [0.25, 0.3) is 0 Å². The van der Waals surface area contributed by atoms with Crippen molar-refractivity contribution in [2.24, 2.45) is 0 Å². The van der Waals surface area contributed by atoms with Gasteiger partial charge in [-0.2, -0.15) is 0 Å². The third kappa shape index (κ3) is 5.61. The third-order valence-electron chi connectivity index (χ3n) is 3.72. The Hall–Kier alpha value is -1.84. The first-order chi connectivity index (χ1) is 13.9. The monoisotopic (exact) mass is 517 g/mol. The number of halogens is 3. The molecule has 0 saturated heterocycles. The highest BCUT2D eigenvalue weighted by Gasteiger charge is 2.16. The van der Waals surface area contributed by atoms with E-state index in [-0.39, 0.29) is 38.9 Å². The minimum absolute atomic E-state index is 0.00729. The number of hydrogen-bond acceptors (Lipinski definition) is 5. The predicted molar refractivity (Wildman–Crippen MR) is 115 cm³/mol. The summed E-state index contributed by atoms with van der Waals surface area (Å²) in [6, 6.07) is 11.8. The van der Waals surface area contributed by atoms with Crippen molar-refractivity contribution >= 4 is 50.2 Å². The summed E-state index contributed by atoms with van der Waals surface area (Å²) in [6.07, 6.45) is 1.31. The molecule has 0 fully saturated rings. The molecule has 2 aromatic carbocycles. The maximum Gasteiger partial charge on any atom is 0.220 e. The predicted octanol–water partition coefficient (Wildman–Crippen LogP) is 6.11. The molecule has 29 heavy (non-hydrogen) atoms. The van der Waals surface area contributed by atoms with Gasteiger partial charge in [0.1, 0.15) is 17.3 Å². The molecule has 1 unspecified atom stereocenters. The SMILES string of the molecule is COc1ccc(COc2cnc(Oc3c(Cl)cc(Br)cc3Cl)cc2S(=O)O)cc1. The minimum Gasteiger partial charge on any atom is -0.497 e. The van der Waals surface area contributed by atoms with Crippen LogP contribution in [0.1, 0.15) is 5.56 Å². The van der Waals surface area contributed by atoms with Crippen molar-refractivity contribution in [1.29, 1.82) is 0 Å².